The largest absolute Gasteiger partial charge is 0.339 e. The molecule has 2 heteroatoms. The molecule has 1 heterocycles. The third-order valence-corrected chi connectivity index (χ3v) is 2.92. The van der Waals surface area contributed by atoms with Crippen molar-refractivity contribution < 1.29 is 4.79 Å². The number of likely N-dealkylation sites (tertiary alicyclic amines) is 1. The van der Waals surface area contributed by atoms with Crippen molar-refractivity contribution >= 4 is 5.91 Å². The van der Waals surface area contributed by atoms with Crippen molar-refractivity contribution in [2.75, 3.05) is 13.1 Å². The molecule has 80 valence electrons. The Morgan fingerprint density at radius 1 is 1.36 bits per heavy atom. The topological polar surface area (TPSA) is 20.3 Å². The van der Waals surface area contributed by atoms with Crippen molar-refractivity contribution in [3.8, 4) is 0 Å². The minimum absolute atomic E-state index is 0.194. The Bertz CT molecular complexity index is 220. The zero-order valence-corrected chi connectivity index (χ0v) is 9.55. The average molecular weight is 195 g/mol. The Morgan fingerprint density at radius 2 is 1.93 bits per heavy atom. The highest BCUT2D eigenvalue weighted by atomic mass is 16.2. The van der Waals surface area contributed by atoms with Crippen LogP contribution in [0.5, 0.6) is 0 Å². The first-order chi connectivity index (χ1) is 6.63. The number of nitrogens with zero attached hydrogens (tertiary/aromatic N) is 1. The predicted octanol–water partition coefficient (Wildman–Crippen LogP) is 2.60. The smallest absolute Gasteiger partial charge is 0.246 e. The Hall–Kier alpha value is -0.790. The lowest BCUT2D eigenvalue weighted by molar-refractivity contribution is -0.127. The normalized spacial score (nSPS) is 18.1. The number of hydrogen-bond donors (Lipinski definition) is 0. The Balaban J connectivity index is 2.42. The van der Waals surface area contributed by atoms with Crippen LogP contribution in [0.1, 0.15) is 40.0 Å². The predicted molar refractivity (Wildman–Crippen MR) is 59.0 cm³/mol. The molecule has 0 aromatic carbocycles. The van der Waals surface area contributed by atoms with E-state index in [9.17, 15) is 4.79 Å². The van der Waals surface area contributed by atoms with Gasteiger partial charge in [-0.3, -0.25) is 4.79 Å². The van der Waals surface area contributed by atoms with Crippen LogP contribution in [0.25, 0.3) is 0 Å². The number of carbonyl (C=O) groups is 1. The highest BCUT2D eigenvalue weighted by molar-refractivity contribution is 5.88. The fourth-order valence-electron chi connectivity index (χ4n) is 1.90. The van der Waals surface area contributed by atoms with E-state index in [0.717, 1.165) is 24.6 Å². The van der Waals surface area contributed by atoms with Crippen molar-refractivity contribution in [3.05, 3.63) is 11.6 Å². The van der Waals surface area contributed by atoms with Gasteiger partial charge in [-0.25, -0.2) is 0 Å². The number of amides is 1. The number of carbonyl (C=O) groups excluding carboxylic acids is 1. The molecule has 1 rings (SSSR count). The fraction of sp³-hybridized carbons (Fsp3) is 0.750. The maximum atomic E-state index is 11.7. The molecule has 2 nitrogen and oxygen atoms in total. The van der Waals surface area contributed by atoms with E-state index < -0.39 is 0 Å². The van der Waals surface area contributed by atoms with Gasteiger partial charge in [0, 0.05) is 19.2 Å². The first-order valence-electron chi connectivity index (χ1n) is 5.57. The minimum Gasteiger partial charge on any atom is -0.339 e. The molecule has 0 saturated carbocycles. The fourth-order valence-corrected chi connectivity index (χ4v) is 1.90. The van der Waals surface area contributed by atoms with Crippen molar-refractivity contribution in [2.45, 2.75) is 40.0 Å². The maximum Gasteiger partial charge on any atom is 0.246 e. The van der Waals surface area contributed by atoms with Gasteiger partial charge < -0.3 is 4.90 Å². The van der Waals surface area contributed by atoms with Crippen LogP contribution in [0.4, 0.5) is 0 Å². The van der Waals surface area contributed by atoms with Gasteiger partial charge in [0.25, 0.3) is 0 Å². The van der Waals surface area contributed by atoms with E-state index in [1.807, 2.05) is 18.7 Å². The third kappa shape index (κ3) is 3.17. The lowest BCUT2D eigenvalue weighted by atomic mass is 9.94. The lowest BCUT2D eigenvalue weighted by Crippen LogP contribution is -2.37. The van der Waals surface area contributed by atoms with E-state index in [1.54, 1.807) is 6.08 Å². The van der Waals surface area contributed by atoms with Gasteiger partial charge >= 0.3 is 0 Å². The number of allylic oxidation sites excluding steroid dienone is 1. The van der Waals surface area contributed by atoms with Crippen LogP contribution in [0, 0.1) is 5.92 Å². The summed E-state index contributed by atoms with van der Waals surface area (Å²) in [6.07, 6.45) is 5.36. The molecule has 1 saturated heterocycles. The SMILES string of the molecule is CCC1CCN(C(=O)C=C(C)C)CC1. The summed E-state index contributed by atoms with van der Waals surface area (Å²) in [6, 6.07) is 0. The summed E-state index contributed by atoms with van der Waals surface area (Å²) in [6.45, 7) is 8.06. The van der Waals surface area contributed by atoms with Gasteiger partial charge in [-0.2, -0.15) is 0 Å². The highest BCUT2D eigenvalue weighted by Gasteiger charge is 2.19. The van der Waals surface area contributed by atoms with Gasteiger partial charge in [-0.1, -0.05) is 18.9 Å². The zero-order valence-electron chi connectivity index (χ0n) is 9.55. The molecule has 0 aliphatic carbocycles. The van der Waals surface area contributed by atoms with E-state index in [1.165, 1.54) is 19.3 Å². The number of hydrogen-bond acceptors (Lipinski definition) is 1. The summed E-state index contributed by atoms with van der Waals surface area (Å²) < 4.78 is 0. The summed E-state index contributed by atoms with van der Waals surface area (Å²) >= 11 is 0. The monoisotopic (exact) mass is 195 g/mol. The molecule has 0 spiro atoms. The Morgan fingerprint density at radius 3 is 2.36 bits per heavy atom. The maximum absolute atomic E-state index is 11.7. The second-order valence-electron chi connectivity index (χ2n) is 4.40. The molecule has 1 aliphatic heterocycles. The van der Waals surface area contributed by atoms with Crippen molar-refractivity contribution in [1.29, 1.82) is 0 Å². The van der Waals surface area contributed by atoms with Crippen LogP contribution < -0.4 is 0 Å². The first kappa shape index (κ1) is 11.3. The molecule has 0 N–H and O–H groups in total. The van der Waals surface area contributed by atoms with Crippen LogP contribution in [0.3, 0.4) is 0 Å². The van der Waals surface area contributed by atoms with E-state index in [0.29, 0.717) is 0 Å². The summed E-state index contributed by atoms with van der Waals surface area (Å²) in [5.41, 5.74) is 1.09. The molecule has 0 radical (unpaired) electrons. The van der Waals surface area contributed by atoms with Crippen LogP contribution in [-0.2, 0) is 4.79 Å². The summed E-state index contributed by atoms with van der Waals surface area (Å²) in [5.74, 6) is 1.03. The van der Waals surface area contributed by atoms with E-state index in [2.05, 4.69) is 6.92 Å². The molecule has 0 unspecified atom stereocenters. The molecule has 0 bridgehead atoms. The number of rotatable bonds is 2. The summed E-state index contributed by atoms with van der Waals surface area (Å²) in [5, 5.41) is 0. The van der Waals surface area contributed by atoms with Gasteiger partial charge in [0.1, 0.15) is 0 Å². The van der Waals surface area contributed by atoms with Crippen LogP contribution in [0.2, 0.25) is 0 Å². The first-order valence-corrected chi connectivity index (χ1v) is 5.57. The third-order valence-electron chi connectivity index (χ3n) is 2.92. The van der Waals surface area contributed by atoms with Gasteiger partial charge in [0.05, 0.1) is 0 Å². The highest BCUT2D eigenvalue weighted by Crippen LogP contribution is 2.20. The van der Waals surface area contributed by atoms with Crippen molar-refractivity contribution in [2.24, 2.45) is 5.92 Å². The second-order valence-corrected chi connectivity index (χ2v) is 4.40. The number of piperidine rings is 1. The lowest BCUT2D eigenvalue weighted by Gasteiger charge is -2.30. The van der Waals surface area contributed by atoms with Gasteiger partial charge in [-0.15, -0.1) is 0 Å². The standard InChI is InChI=1S/C12H21NO/c1-4-11-5-7-13(8-6-11)12(14)9-10(2)3/h9,11H,4-8H2,1-3H3. The zero-order chi connectivity index (χ0) is 10.6. The molecule has 0 aromatic rings. The molecule has 0 atom stereocenters. The second kappa shape index (κ2) is 5.18. The molecular formula is C12H21NO. The van der Waals surface area contributed by atoms with Crippen molar-refractivity contribution in [1.82, 2.24) is 4.90 Å². The molecule has 1 aliphatic rings. The van der Waals surface area contributed by atoms with Gasteiger partial charge in [0.15, 0.2) is 0 Å². The summed E-state index contributed by atoms with van der Waals surface area (Å²) in [7, 11) is 0. The molecular weight excluding hydrogens is 174 g/mol. The quantitative estimate of drug-likeness (QED) is 0.620. The van der Waals surface area contributed by atoms with Crippen LogP contribution >= 0.6 is 0 Å². The molecule has 14 heavy (non-hydrogen) atoms. The minimum atomic E-state index is 0.194. The Labute approximate surface area is 87.0 Å². The van der Waals surface area contributed by atoms with E-state index in [-0.39, 0.29) is 5.91 Å². The van der Waals surface area contributed by atoms with Crippen molar-refractivity contribution in [3.63, 3.8) is 0 Å². The van der Waals surface area contributed by atoms with Gasteiger partial charge in [-0.05, 0) is 32.6 Å². The van der Waals surface area contributed by atoms with Gasteiger partial charge in [0.2, 0.25) is 5.91 Å². The summed E-state index contributed by atoms with van der Waals surface area (Å²) in [4.78, 5) is 13.6. The molecule has 0 aromatic heterocycles. The Kier molecular flexibility index (Phi) is 4.18. The molecule has 1 amide bonds. The van der Waals surface area contributed by atoms with Crippen LogP contribution in [0.15, 0.2) is 11.6 Å². The van der Waals surface area contributed by atoms with E-state index >= 15 is 0 Å². The average Bonchev–Trinajstić information content (AvgIpc) is 2.17. The molecule has 1 fully saturated rings. The van der Waals surface area contributed by atoms with Crippen LogP contribution in [-0.4, -0.2) is 23.9 Å². The van der Waals surface area contributed by atoms with E-state index in [4.69, 9.17) is 0 Å².